The van der Waals surface area contributed by atoms with Crippen molar-refractivity contribution >= 4 is 28.6 Å². The number of aromatic nitrogens is 2. The molecule has 0 radical (unpaired) electrons. The Labute approximate surface area is 160 Å². The number of pyridine rings is 1. The lowest BCUT2D eigenvalue weighted by Gasteiger charge is -2.08. The lowest BCUT2D eigenvalue weighted by Crippen LogP contribution is -2.24. The number of rotatable bonds is 8. The number of ketones is 2. The number of carbonyl (C=O) groups excluding carboxylic acids is 2. The molecule has 3 N–H and O–H groups in total. The van der Waals surface area contributed by atoms with Gasteiger partial charge in [0.05, 0.1) is 17.5 Å². The van der Waals surface area contributed by atoms with Crippen LogP contribution in [0, 0.1) is 6.92 Å². The van der Waals surface area contributed by atoms with E-state index in [1.54, 1.807) is 11.5 Å². The number of fused-ring (bicyclic) bond motifs is 1. The van der Waals surface area contributed by atoms with Crippen molar-refractivity contribution in [2.75, 3.05) is 13.2 Å². The average molecular weight is 381 g/mol. The fourth-order valence-corrected chi connectivity index (χ4v) is 3.08. The number of nitrogens with zero attached hydrogens (tertiary/aromatic N) is 2. The third kappa shape index (κ3) is 3.63. The molecule has 144 valence electrons. The fourth-order valence-electron chi connectivity index (χ4n) is 3.08. The number of hydrogen-bond donors (Lipinski definition) is 2. The highest BCUT2D eigenvalue weighted by Crippen LogP contribution is 2.33. The van der Waals surface area contributed by atoms with E-state index in [1.165, 1.54) is 12.3 Å². The number of hydrogen-bond acceptors (Lipinski definition) is 6. The van der Waals surface area contributed by atoms with E-state index >= 15 is 0 Å². The summed E-state index contributed by atoms with van der Waals surface area (Å²) in [5.41, 5.74) is 7.44. The molecule has 0 saturated heterocycles. The molecule has 0 unspecified atom stereocenters. The van der Waals surface area contributed by atoms with Gasteiger partial charge in [0, 0.05) is 18.4 Å². The number of carboxylic acid groups (broad SMARTS) is 1. The Balaban J connectivity index is 2.22. The van der Waals surface area contributed by atoms with Gasteiger partial charge in [-0.05, 0) is 18.6 Å². The SMILES string of the molecule is Cc1c(C(=O)C(=O)CN)c2c(OCC(=O)O)ccnc2n1Cc1ccccc1. The molecule has 28 heavy (non-hydrogen) atoms. The minimum Gasteiger partial charge on any atom is -0.481 e. The van der Waals surface area contributed by atoms with Crippen molar-refractivity contribution in [3.8, 4) is 5.75 Å². The van der Waals surface area contributed by atoms with Gasteiger partial charge in [-0.3, -0.25) is 9.59 Å². The largest absolute Gasteiger partial charge is 0.481 e. The fraction of sp³-hybridized carbons (Fsp3) is 0.200. The van der Waals surface area contributed by atoms with Gasteiger partial charge >= 0.3 is 5.97 Å². The molecular weight excluding hydrogens is 362 g/mol. The molecule has 0 bridgehead atoms. The summed E-state index contributed by atoms with van der Waals surface area (Å²) in [4.78, 5) is 40.0. The standard InChI is InChI=1S/C20H19N3O5/c1-12-17(19(27)14(24)9-21)18-15(28-11-16(25)26)7-8-22-20(18)23(12)10-13-5-3-2-4-6-13/h2-8H,9-11,21H2,1H3,(H,25,26). The maximum Gasteiger partial charge on any atom is 0.341 e. The van der Waals surface area contributed by atoms with Crippen molar-refractivity contribution in [2.45, 2.75) is 13.5 Å². The first-order valence-electron chi connectivity index (χ1n) is 8.58. The van der Waals surface area contributed by atoms with Crippen molar-refractivity contribution in [3.05, 3.63) is 59.4 Å². The average Bonchev–Trinajstić information content (AvgIpc) is 2.98. The molecule has 0 aliphatic carbocycles. The van der Waals surface area contributed by atoms with Crippen LogP contribution < -0.4 is 10.5 Å². The van der Waals surface area contributed by atoms with Gasteiger partial charge in [0.15, 0.2) is 6.61 Å². The minimum absolute atomic E-state index is 0.134. The maximum atomic E-state index is 12.7. The zero-order valence-electron chi connectivity index (χ0n) is 15.2. The van der Waals surface area contributed by atoms with E-state index in [1.807, 2.05) is 30.3 Å². The van der Waals surface area contributed by atoms with E-state index < -0.39 is 30.7 Å². The topological polar surface area (TPSA) is 125 Å². The van der Waals surface area contributed by atoms with Crippen LogP contribution in [0.2, 0.25) is 0 Å². The molecule has 0 spiro atoms. The van der Waals surface area contributed by atoms with E-state index in [0.29, 0.717) is 23.3 Å². The van der Waals surface area contributed by atoms with Crippen LogP contribution in [0.4, 0.5) is 0 Å². The molecule has 8 heteroatoms. The van der Waals surface area contributed by atoms with Gasteiger partial charge in [-0.25, -0.2) is 9.78 Å². The van der Waals surface area contributed by atoms with Gasteiger partial charge in [-0.1, -0.05) is 30.3 Å². The summed E-state index contributed by atoms with van der Waals surface area (Å²) in [5.74, 6) is -2.47. The number of nitrogens with two attached hydrogens (primary N) is 1. The summed E-state index contributed by atoms with van der Waals surface area (Å²) in [6, 6.07) is 11.0. The second-order valence-corrected chi connectivity index (χ2v) is 6.18. The Bertz CT molecular complexity index is 1060. The molecule has 8 nitrogen and oxygen atoms in total. The monoisotopic (exact) mass is 381 g/mol. The van der Waals surface area contributed by atoms with Gasteiger partial charge in [-0.2, -0.15) is 0 Å². The molecule has 0 amide bonds. The van der Waals surface area contributed by atoms with E-state index in [9.17, 15) is 14.4 Å². The van der Waals surface area contributed by atoms with Crippen molar-refractivity contribution in [1.29, 1.82) is 0 Å². The molecular formula is C20H19N3O5. The molecule has 3 aromatic rings. The van der Waals surface area contributed by atoms with Gasteiger partial charge in [0.1, 0.15) is 11.4 Å². The molecule has 0 atom stereocenters. The summed E-state index contributed by atoms with van der Waals surface area (Å²) in [5, 5.41) is 9.23. The predicted octanol–water partition coefficient (Wildman–Crippen LogP) is 1.57. The Morgan fingerprint density at radius 2 is 1.89 bits per heavy atom. The molecule has 0 saturated carbocycles. The zero-order valence-corrected chi connectivity index (χ0v) is 15.2. The van der Waals surface area contributed by atoms with Gasteiger partial charge < -0.3 is 20.1 Å². The van der Waals surface area contributed by atoms with Crippen LogP contribution in [0.25, 0.3) is 11.0 Å². The number of carboxylic acids is 1. The molecule has 0 fully saturated rings. The number of ether oxygens (including phenoxy) is 1. The Hall–Kier alpha value is -3.52. The van der Waals surface area contributed by atoms with Gasteiger partial charge in [0.2, 0.25) is 11.6 Å². The lowest BCUT2D eigenvalue weighted by atomic mass is 10.0. The van der Waals surface area contributed by atoms with Crippen molar-refractivity contribution < 1.29 is 24.2 Å². The Morgan fingerprint density at radius 1 is 1.18 bits per heavy atom. The van der Waals surface area contributed by atoms with E-state index in [4.69, 9.17) is 15.6 Å². The normalized spacial score (nSPS) is 10.8. The Kier molecular flexibility index (Phi) is 5.51. The number of benzene rings is 1. The van der Waals surface area contributed by atoms with Crippen LogP contribution in [0.1, 0.15) is 21.6 Å². The number of Topliss-reactive ketones (excluding diaryl/α,β-unsaturated/α-hetero) is 2. The molecule has 2 aromatic heterocycles. The van der Waals surface area contributed by atoms with Crippen LogP contribution in [0.5, 0.6) is 5.75 Å². The summed E-state index contributed by atoms with van der Waals surface area (Å²) in [7, 11) is 0. The van der Waals surface area contributed by atoms with Crippen LogP contribution >= 0.6 is 0 Å². The minimum atomic E-state index is -1.16. The predicted molar refractivity (Wildman–Crippen MR) is 102 cm³/mol. The van der Waals surface area contributed by atoms with Crippen molar-refractivity contribution in [1.82, 2.24) is 9.55 Å². The quantitative estimate of drug-likeness (QED) is 0.448. The highest BCUT2D eigenvalue weighted by Gasteiger charge is 2.27. The lowest BCUT2D eigenvalue weighted by molar-refractivity contribution is -0.139. The number of aliphatic carboxylic acids is 1. The number of carbonyl (C=O) groups is 3. The van der Waals surface area contributed by atoms with Crippen molar-refractivity contribution in [2.24, 2.45) is 5.73 Å². The first-order valence-corrected chi connectivity index (χ1v) is 8.58. The van der Waals surface area contributed by atoms with Crippen LogP contribution in [-0.2, 0) is 16.1 Å². The first-order chi connectivity index (χ1) is 13.4. The van der Waals surface area contributed by atoms with E-state index in [-0.39, 0.29) is 11.3 Å². The smallest absolute Gasteiger partial charge is 0.341 e. The second kappa shape index (κ2) is 8.01. The second-order valence-electron chi connectivity index (χ2n) is 6.18. The third-order valence-corrected chi connectivity index (χ3v) is 4.37. The van der Waals surface area contributed by atoms with E-state index in [0.717, 1.165) is 5.56 Å². The molecule has 0 aliphatic heterocycles. The zero-order chi connectivity index (χ0) is 20.3. The summed E-state index contributed by atoms with van der Waals surface area (Å²) in [6.07, 6.45) is 1.47. The molecule has 2 heterocycles. The summed E-state index contributed by atoms with van der Waals surface area (Å²) >= 11 is 0. The highest BCUT2D eigenvalue weighted by atomic mass is 16.5. The van der Waals surface area contributed by atoms with Gasteiger partial charge in [0.25, 0.3) is 0 Å². The summed E-state index contributed by atoms with van der Waals surface area (Å²) < 4.78 is 7.16. The van der Waals surface area contributed by atoms with Crippen molar-refractivity contribution in [3.63, 3.8) is 0 Å². The molecule has 0 aliphatic rings. The highest BCUT2D eigenvalue weighted by molar-refractivity contribution is 6.47. The van der Waals surface area contributed by atoms with E-state index in [2.05, 4.69) is 4.98 Å². The maximum absolute atomic E-state index is 12.7. The molecule has 3 rings (SSSR count). The van der Waals surface area contributed by atoms with Crippen LogP contribution in [0.15, 0.2) is 42.6 Å². The third-order valence-electron chi connectivity index (χ3n) is 4.37. The van der Waals surface area contributed by atoms with Crippen LogP contribution in [0.3, 0.4) is 0 Å². The van der Waals surface area contributed by atoms with Crippen LogP contribution in [-0.4, -0.2) is 45.3 Å². The summed E-state index contributed by atoms with van der Waals surface area (Å²) in [6.45, 7) is 1.13. The van der Waals surface area contributed by atoms with Gasteiger partial charge in [-0.15, -0.1) is 0 Å². The first kappa shape index (κ1) is 19.2. The Morgan fingerprint density at radius 3 is 2.54 bits per heavy atom. The molecule has 1 aromatic carbocycles.